The first-order valence-electron chi connectivity index (χ1n) is 10.6. The highest BCUT2D eigenvalue weighted by Crippen LogP contribution is 2.50. The highest BCUT2D eigenvalue weighted by atomic mass is 19.4. The van der Waals surface area contributed by atoms with E-state index < -0.39 is 28.7 Å². The summed E-state index contributed by atoms with van der Waals surface area (Å²) in [6, 6.07) is 16.2. The predicted octanol–water partition coefficient (Wildman–Crippen LogP) is 3.35. The van der Waals surface area contributed by atoms with Crippen LogP contribution < -0.4 is 5.32 Å². The molecular formula is C24H25F3N2O3. The third-order valence-electron chi connectivity index (χ3n) is 6.91. The van der Waals surface area contributed by atoms with Crippen molar-refractivity contribution in [1.82, 2.24) is 10.2 Å². The van der Waals surface area contributed by atoms with Gasteiger partial charge in [-0.25, -0.2) is 0 Å². The topological polar surface area (TPSA) is 69.6 Å². The van der Waals surface area contributed by atoms with E-state index in [1.54, 1.807) is 0 Å². The zero-order valence-electron chi connectivity index (χ0n) is 17.4. The molecular weight excluding hydrogens is 421 g/mol. The first-order chi connectivity index (χ1) is 15.2. The van der Waals surface area contributed by atoms with Gasteiger partial charge in [-0.05, 0) is 23.8 Å². The summed E-state index contributed by atoms with van der Waals surface area (Å²) in [6.07, 6.45) is -4.14. The van der Waals surface area contributed by atoms with Crippen molar-refractivity contribution in [1.29, 1.82) is 0 Å². The molecule has 0 radical (unpaired) electrons. The molecule has 0 aromatic heterocycles. The Hall–Kier alpha value is -2.87. The number of benzene rings is 2. The van der Waals surface area contributed by atoms with Gasteiger partial charge in [-0.2, -0.15) is 13.2 Å². The number of likely N-dealkylation sites (tertiary alicyclic amines) is 1. The van der Waals surface area contributed by atoms with Crippen LogP contribution in [-0.2, 0) is 15.2 Å². The quantitative estimate of drug-likeness (QED) is 0.760. The molecule has 2 aliphatic heterocycles. The van der Waals surface area contributed by atoms with Crippen molar-refractivity contribution in [3.05, 3.63) is 71.8 Å². The van der Waals surface area contributed by atoms with Crippen molar-refractivity contribution in [2.45, 2.75) is 37.0 Å². The van der Waals surface area contributed by atoms with Gasteiger partial charge in [-0.3, -0.25) is 9.59 Å². The minimum absolute atomic E-state index is 0.00859. The maximum atomic E-state index is 13.9. The van der Waals surface area contributed by atoms with E-state index in [0.717, 1.165) is 22.6 Å². The zero-order chi connectivity index (χ0) is 23.0. The molecule has 0 unspecified atom stereocenters. The number of rotatable bonds is 3. The number of hydrogen-bond donors (Lipinski definition) is 2. The van der Waals surface area contributed by atoms with Crippen molar-refractivity contribution in [2.75, 3.05) is 19.6 Å². The molecule has 2 atom stereocenters. The molecule has 2 saturated heterocycles. The van der Waals surface area contributed by atoms with Gasteiger partial charge in [0.1, 0.15) is 0 Å². The van der Waals surface area contributed by atoms with E-state index >= 15 is 0 Å². The van der Waals surface area contributed by atoms with Gasteiger partial charge in [-0.15, -0.1) is 0 Å². The lowest BCUT2D eigenvalue weighted by molar-refractivity contribution is -0.262. The largest absolute Gasteiger partial charge is 0.430 e. The fraction of sp³-hybridized carbons (Fsp3) is 0.417. The SMILES string of the molecule is O=C1CC2(CCN(C(=O)[C@@](O)(c3ccccc3)C(F)(F)F)CC2)[C@H](c2ccccc2)CN1. The predicted molar refractivity (Wildman–Crippen MR) is 111 cm³/mol. The number of amides is 2. The molecule has 2 aromatic rings. The summed E-state index contributed by atoms with van der Waals surface area (Å²) >= 11 is 0. The van der Waals surface area contributed by atoms with E-state index in [1.807, 2.05) is 30.3 Å². The van der Waals surface area contributed by atoms with Crippen molar-refractivity contribution in [3.8, 4) is 0 Å². The summed E-state index contributed by atoms with van der Waals surface area (Å²) < 4.78 is 41.8. The number of hydrogen-bond acceptors (Lipinski definition) is 3. The van der Waals surface area contributed by atoms with Gasteiger partial charge in [0.25, 0.3) is 11.5 Å². The maximum Gasteiger partial charge on any atom is 0.430 e. The number of carbonyl (C=O) groups is 2. The third-order valence-corrected chi connectivity index (χ3v) is 6.91. The van der Waals surface area contributed by atoms with Crippen LogP contribution in [0, 0.1) is 5.41 Å². The molecule has 0 bridgehead atoms. The van der Waals surface area contributed by atoms with Crippen molar-refractivity contribution in [2.24, 2.45) is 5.41 Å². The lowest BCUT2D eigenvalue weighted by Crippen LogP contribution is -2.59. The number of nitrogens with one attached hydrogen (secondary N) is 1. The van der Waals surface area contributed by atoms with Gasteiger partial charge >= 0.3 is 6.18 Å². The second-order valence-corrected chi connectivity index (χ2v) is 8.67. The fourth-order valence-corrected chi connectivity index (χ4v) is 5.09. The summed E-state index contributed by atoms with van der Waals surface area (Å²) in [4.78, 5) is 26.3. The van der Waals surface area contributed by atoms with E-state index in [1.165, 1.54) is 18.2 Å². The normalized spacial score (nSPS) is 22.8. The molecule has 170 valence electrons. The Balaban J connectivity index is 1.59. The van der Waals surface area contributed by atoms with Crippen LogP contribution in [0.5, 0.6) is 0 Å². The average Bonchev–Trinajstić information content (AvgIpc) is 2.79. The van der Waals surface area contributed by atoms with Gasteiger partial charge in [0, 0.05) is 37.5 Å². The molecule has 2 heterocycles. The Morgan fingerprint density at radius 3 is 2.12 bits per heavy atom. The number of alkyl halides is 3. The molecule has 2 fully saturated rings. The lowest BCUT2D eigenvalue weighted by atomic mass is 9.62. The van der Waals surface area contributed by atoms with E-state index in [0.29, 0.717) is 19.4 Å². The Labute approximate surface area is 184 Å². The standard InChI is InChI=1S/C24H25F3N2O3/c25-24(26,27)23(32,18-9-5-2-6-10-18)21(31)29-13-11-22(12-14-29)15-20(30)28-16-19(22)17-7-3-1-4-8-17/h1-10,19,32H,11-16H2,(H,28,30)/t19-,23-/m0/s1. The number of nitrogens with zero attached hydrogens (tertiary/aromatic N) is 1. The molecule has 8 heteroatoms. The molecule has 2 aliphatic rings. The highest BCUT2D eigenvalue weighted by molar-refractivity contribution is 5.87. The lowest BCUT2D eigenvalue weighted by Gasteiger charge is -2.50. The van der Waals surface area contributed by atoms with E-state index in [9.17, 15) is 27.9 Å². The van der Waals surface area contributed by atoms with Crippen molar-refractivity contribution >= 4 is 11.8 Å². The van der Waals surface area contributed by atoms with Crippen molar-refractivity contribution < 1.29 is 27.9 Å². The van der Waals surface area contributed by atoms with Crippen LogP contribution >= 0.6 is 0 Å². The number of halogens is 3. The first kappa shape index (κ1) is 22.3. The Morgan fingerprint density at radius 1 is 1.00 bits per heavy atom. The molecule has 5 nitrogen and oxygen atoms in total. The van der Waals surface area contributed by atoms with E-state index in [2.05, 4.69) is 5.32 Å². The molecule has 32 heavy (non-hydrogen) atoms. The molecule has 2 N–H and O–H groups in total. The van der Waals surface area contributed by atoms with Crippen LogP contribution in [0.1, 0.15) is 36.3 Å². The Kier molecular flexibility index (Phi) is 5.75. The van der Waals surface area contributed by atoms with Crippen LogP contribution in [0.15, 0.2) is 60.7 Å². The summed E-state index contributed by atoms with van der Waals surface area (Å²) in [5.41, 5.74) is -3.49. The minimum atomic E-state index is -5.17. The summed E-state index contributed by atoms with van der Waals surface area (Å²) in [5, 5.41) is 13.5. The number of piperidine rings is 2. The van der Waals surface area contributed by atoms with E-state index in [4.69, 9.17) is 0 Å². The summed E-state index contributed by atoms with van der Waals surface area (Å²) in [6.45, 7) is 0.536. The van der Waals surface area contributed by atoms with Gasteiger partial charge in [0.2, 0.25) is 5.91 Å². The van der Waals surface area contributed by atoms with Crippen LogP contribution in [-0.4, -0.2) is 47.6 Å². The van der Waals surface area contributed by atoms with Crippen LogP contribution in [0.3, 0.4) is 0 Å². The second-order valence-electron chi connectivity index (χ2n) is 8.67. The molecule has 1 spiro atoms. The van der Waals surface area contributed by atoms with Gasteiger partial charge in [0.05, 0.1) is 0 Å². The van der Waals surface area contributed by atoms with Crippen LogP contribution in [0.4, 0.5) is 13.2 Å². The first-order valence-corrected chi connectivity index (χ1v) is 10.6. The molecule has 0 saturated carbocycles. The number of aliphatic hydroxyl groups is 1. The maximum absolute atomic E-state index is 13.9. The van der Waals surface area contributed by atoms with Gasteiger partial charge in [-0.1, -0.05) is 60.7 Å². The monoisotopic (exact) mass is 446 g/mol. The van der Waals surface area contributed by atoms with Gasteiger partial charge in [0.15, 0.2) is 0 Å². The molecule has 0 aliphatic carbocycles. The Bertz CT molecular complexity index is 973. The minimum Gasteiger partial charge on any atom is -0.369 e. The van der Waals surface area contributed by atoms with Gasteiger partial charge < -0.3 is 15.3 Å². The summed E-state index contributed by atoms with van der Waals surface area (Å²) in [7, 11) is 0. The zero-order valence-corrected chi connectivity index (χ0v) is 17.4. The van der Waals surface area contributed by atoms with Crippen LogP contribution in [0.2, 0.25) is 0 Å². The fourth-order valence-electron chi connectivity index (χ4n) is 5.09. The second kappa shape index (κ2) is 8.24. The molecule has 4 rings (SSSR count). The third kappa shape index (κ3) is 3.77. The number of carbonyl (C=O) groups excluding carboxylic acids is 2. The highest BCUT2D eigenvalue weighted by Gasteiger charge is 2.62. The summed E-state index contributed by atoms with van der Waals surface area (Å²) in [5.74, 6) is -1.45. The molecule has 2 aromatic carbocycles. The smallest absolute Gasteiger partial charge is 0.369 e. The van der Waals surface area contributed by atoms with Crippen molar-refractivity contribution in [3.63, 3.8) is 0 Å². The van der Waals surface area contributed by atoms with E-state index in [-0.39, 0.29) is 31.3 Å². The average molecular weight is 446 g/mol. The Morgan fingerprint density at radius 2 is 1.56 bits per heavy atom. The van der Waals surface area contributed by atoms with Crippen LogP contribution in [0.25, 0.3) is 0 Å². The molecule has 2 amide bonds.